The molecule has 0 aromatic heterocycles. The van der Waals surface area contributed by atoms with Crippen molar-refractivity contribution in [2.75, 3.05) is 54.1 Å². The summed E-state index contributed by atoms with van der Waals surface area (Å²) in [7, 11) is 4.66. The van der Waals surface area contributed by atoms with E-state index in [-0.39, 0.29) is 18.2 Å². The van der Waals surface area contributed by atoms with Crippen molar-refractivity contribution < 1.29 is 23.8 Å². The summed E-state index contributed by atoms with van der Waals surface area (Å²) >= 11 is 0. The lowest BCUT2D eigenvalue weighted by Gasteiger charge is -2.34. The molecule has 2 amide bonds. The van der Waals surface area contributed by atoms with Gasteiger partial charge in [-0.1, -0.05) is 6.07 Å². The summed E-state index contributed by atoms with van der Waals surface area (Å²) in [5.41, 5.74) is 0.761. The molecular weight excluding hydrogens is 362 g/mol. The number of rotatable bonds is 8. The Balaban J connectivity index is 1.55. The van der Waals surface area contributed by atoms with Gasteiger partial charge in [0.2, 0.25) is 17.6 Å². The van der Waals surface area contributed by atoms with Gasteiger partial charge in [0.25, 0.3) is 0 Å². The van der Waals surface area contributed by atoms with Crippen LogP contribution in [0.4, 0.5) is 0 Å². The summed E-state index contributed by atoms with van der Waals surface area (Å²) in [6.45, 7) is 3.04. The zero-order valence-corrected chi connectivity index (χ0v) is 16.8. The minimum absolute atomic E-state index is 0.0348. The van der Waals surface area contributed by atoms with Gasteiger partial charge >= 0.3 is 0 Å². The molecule has 1 aromatic carbocycles. The number of nitrogens with zero attached hydrogens (tertiary/aromatic N) is 2. The second kappa shape index (κ2) is 9.14. The van der Waals surface area contributed by atoms with E-state index in [0.717, 1.165) is 18.4 Å². The fourth-order valence-corrected chi connectivity index (χ4v) is 3.44. The van der Waals surface area contributed by atoms with Crippen LogP contribution < -0.4 is 19.5 Å². The zero-order valence-electron chi connectivity index (χ0n) is 16.8. The van der Waals surface area contributed by atoms with Gasteiger partial charge in [0, 0.05) is 37.8 Å². The highest BCUT2D eigenvalue weighted by Crippen LogP contribution is 2.40. The average Bonchev–Trinajstić information content (AvgIpc) is 3.51. The third kappa shape index (κ3) is 4.86. The molecular formula is C20H29N3O5. The van der Waals surface area contributed by atoms with E-state index in [1.54, 1.807) is 27.4 Å². The molecule has 0 unspecified atom stereocenters. The van der Waals surface area contributed by atoms with Crippen molar-refractivity contribution in [3.63, 3.8) is 0 Å². The van der Waals surface area contributed by atoms with Gasteiger partial charge in [0.05, 0.1) is 34.3 Å². The molecule has 1 aliphatic carbocycles. The Kier molecular flexibility index (Phi) is 6.61. The van der Waals surface area contributed by atoms with E-state index in [1.165, 1.54) is 0 Å². The lowest BCUT2D eigenvalue weighted by atomic mass is 10.1. The Morgan fingerprint density at radius 1 is 1.00 bits per heavy atom. The maximum Gasteiger partial charge on any atom is 0.234 e. The minimum atomic E-state index is 0.0348. The lowest BCUT2D eigenvalue weighted by molar-refractivity contribution is -0.132. The summed E-state index contributed by atoms with van der Waals surface area (Å²) < 4.78 is 16.1. The lowest BCUT2D eigenvalue weighted by Crippen LogP contribution is -2.51. The molecule has 1 heterocycles. The Morgan fingerprint density at radius 3 is 2.25 bits per heavy atom. The third-order valence-corrected chi connectivity index (χ3v) is 5.16. The molecule has 1 N–H and O–H groups in total. The molecule has 0 atom stereocenters. The first-order valence-corrected chi connectivity index (χ1v) is 9.63. The first-order chi connectivity index (χ1) is 13.5. The molecule has 0 bridgehead atoms. The van der Waals surface area contributed by atoms with Crippen LogP contribution in [0.2, 0.25) is 0 Å². The van der Waals surface area contributed by atoms with Crippen molar-refractivity contribution in [3.8, 4) is 17.2 Å². The van der Waals surface area contributed by atoms with E-state index < -0.39 is 0 Å². The van der Waals surface area contributed by atoms with Crippen LogP contribution in [0.25, 0.3) is 0 Å². The van der Waals surface area contributed by atoms with E-state index in [2.05, 4.69) is 10.2 Å². The van der Waals surface area contributed by atoms with Crippen LogP contribution in [0.3, 0.4) is 0 Å². The Labute approximate surface area is 165 Å². The summed E-state index contributed by atoms with van der Waals surface area (Å²) in [4.78, 5) is 28.6. The van der Waals surface area contributed by atoms with Gasteiger partial charge < -0.3 is 24.4 Å². The average molecular weight is 391 g/mol. The number of ether oxygens (including phenoxy) is 3. The fourth-order valence-electron chi connectivity index (χ4n) is 3.44. The predicted octanol–water partition coefficient (Wildman–Crippen LogP) is 0.678. The number of amides is 2. The van der Waals surface area contributed by atoms with Gasteiger partial charge in [-0.2, -0.15) is 0 Å². The number of piperazine rings is 1. The third-order valence-electron chi connectivity index (χ3n) is 5.16. The van der Waals surface area contributed by atoms with E-state index in [9.17, 15) is 9.59 Å². The standard InChI is InChI=1S/C20H29N3O5/c1-26-16-7-4-14(19(27-2)20(16)28-3)12-18(25)23-10-8-22(9-11-23)13-17(24)21-15-5-6-15/h4,7,15H,5-6,8-13H2,1-3H3,(H,21,24). The Morgan fingerprint density at radius 2 is 1.68 bits per heavy atom. The Bertz CT molecular complexity index is 712. The number of carbonyl (C=O) groups excluding carboxylic acids is 2. The van der Waals surface area contributed by atoms with Crippen molar-refractivity contribution >= 4 is 11.8 Å². The Hall–Kier alpha value is -2.48. The van der Waals surface area contributed by atoms with Gasteiger partial charge in [-0.15, -0.1) is 0 Å². The molecule has 28 heavy (non-hydrogen) atoms. The molecule has 0 spiro atoms. The van der Waals surface area contributed by atoms with Crippen LogP contribution in [-0.2, 0) is 16.0 Å². The summed E-state index contributed by atoms with van der Waals surface area (Å²) in [5, 5.41) is 3.00. The molecule has 154 valence electrons. The first-order valence-electron chi connectivity index (χ1n) is 9.63. The molecule has 1 aromatic rings. The molecule has 8 nitrogen and oxygen atoms in total. The largest absolute Gasteiger partial charge is 0.493 e. The predicted molar refractivity (Wildman–Crippen MR) is 104 cm³/mol. The van der Waals surface area contributed by atoms with Gasteiger partial charge in [-0.3, -0.25) is 14.5 Å². The van der Waals surface area contributed by atoms with Crippen molar-refractivity contribution in [2.45, 2.75) is 25.3 Å². The maximum absolute atomic E-state index is 12.8. The maximum atomic E-state index is 12.8. The molecule has 2 aliphatic rings. The van der Waals surface area contributed by atoms with Crippen molar-refractivity contribution in [2.24, 2.45) is 0 Å². The van der Waals surface area contributed by atoms with E-state index >= 15 is 0 Å². The molecule has 1 aliphatic heterocycles. The van der Waals surface area contributed by atoms with Crippen LogP contribution in [0.5, 0.6) is 17.2 Å². The minimum Gasteiger partial charge on any atom is -0.493 e. The molecule has 1 saturated carbocycles. The van der Waals surface area contributed by atoms with E-state index in [0.29, 0.717) is 56.0 Å². The number of hydrogen-bond acceptors (Lipinski definition) is 6. The van der Waals surface area contributed by atoms with Crippen molar-refractivity contribution in [1.82, 2.24) is 15.1 Å². The van der Waals surface area contributed by atoms with Crippen LogP contribution in [0.1, 0.15) is 18.4 Å². The normalized spacial score (nSPS) is 17.2. The second-order valence-electron chi connectivity index (χ2n) is 7.17. The molecule has 8 heteroatoms. The monoisotopic (exact) mass is 391 g/mol. The first kappa shape index (κ1) is 20.3. The summed E-state index contributed by atoms with van der Waals surface area (Å²) in [5.74, 6) is 1.69. The van der Waals surface area contributed by atoms with Gasteiger partial charge in [0.1, 0.15) is 0 Å². The van der Waals surface area contributed by atoms with E-state index in [1.807, 2.05) is 11.0 Å². The highest BCUT2D eigenvalue weighted by Gasteiger charge is 2.27. The number of methoxy groups -OCH3 is 3. The SMILES string of the molecule is COc1ccc(CC(=O)N2CCN(CC(=O)NC3CC3)CC2)c(OC)c1OC. The summed E-state index contributed by atoms with van der Waals surface area (Å²) in [6, 6.07) is 3.99. The fraction of sp³-hybridized carbons (Fsp3) is 0.600. The highest BCUT2D eigenvalue weighted by atomic mass is 16.5. The molecule has 3 rings (SSSR count). The van der Waals surface area contributed by atoms with Gasteiger partial charge in [-0.05, 0) is 18.9 Å². The zero-order chi connectivity index (χ0) is 20.1. The number of hydrogen-bond donors (Lipinski definition) is 1. The number of benzene rings is 1. The molecule has 0 radical (unpaired) electrons. The van der Waals surface area contributed by atoms with Crippen molar-refractivity contribution in [3.05, 3.63) is 17.7 Å². The molecule has 2 fully saturated rings. The van der Waals surface area contributed by atoms with Gasteiger partial charge in [0.15, 0.2) is 11.5 Å². The van der Waals surface area contributed by atoms with Crippen LogP contribution in [0.15, 0.2) is 12.1 Å². The number of carbonyl (C=O) groups is 2. The summed E-state index contributed by atoms with van der Waals surface area (Å²) in [6.07, 6.45) is 2.41. The van der Waals surface area contributed by atoms with Crippen LogP contribution in [-0.4, -0.2) is 81.7 Å². The van der Waals surface area contributed by atoms with Crippen molar-refractivity contribution in [1.29, 1.82) is 0 Å². The number of nitrogens with one attached hydrogen (secondary N) is 1. The quantitative estimate of drug-likeness (QED) is 0.702. The van der Waals surface area contributed by atoms with Crippen LogP contribution in [0, 0.1) is 0 Å². The van der Waals surface area contributed by atoms with Crippen LogP contribution >= 0.6 is 0 Å². The topological polar surface area (TPSA) is 80.3 Å². The second-order valence-corrected chi connectivity index (χ2v) is 7.17. The van der Waals surface area contributed by atoms with Gasteiger partial charge in [-0.25, -0.2) is 0 Å². The highest BCUT2D eigenvalue weighted by molar-refractivity contribution is 5.81. The molecule has 1 saturated heterocycles. The van der Waals surface area contributed by atoms with E-state index in [4.69, 9.17) is 14.2 Å². The smallest absolute Gasteiger partial charge is 0.234 e.